The van der Waals surface area contributed by atoms with Crippen molar-refractivity contribution in [3.05, 3.63) is 42.5 Å². The number of nitrogens with zero attached hydrogens (tertiary/aromatic N) is 2. The molecule has 0 aliphatic heterocycles. The Bertz CT molecular complexity index is 664. The number of benzene rings is 2. The van der Waals surface area contributed by atoms with E-state index in [1.54, 1.807) is 11.4 Å². The van der Waals surface area contributed by atoms with E-state index in [2.05, 4.69) is 18.2 Å². The molecule has 0 aromatic heterocycles. The molecule has 5 heteroatoms. The van der Waals surface area contributed by atoms with E-state index in [9.17, 15) is 4.79 Å². The van der Waals surface area contributed by atoms with Crippen molar-refractivity contribution >= 4 is 29.0 Å². The number of hydrogen-bond donors (Lipinski definition) is 0. The lowest BCUT2D eigenvalue weighted by Crippen LogP contribution is -2.30. The van der Waals surface area contributed by atoms with Gasteiger partial charge in [-0.15, -0.1) is 0 Å². The molecule has 0 bridgehead atoms. The number of unbranched alkanes of at least 4 members (excludes halogenated alkanes) is 2. The molecule has 0 N–H and O–H groups in total. The molecule has 2 aromatic rings. The summed E-state index contributed by atoms with van der Waals surface area (Å²) < 4.78 is 9.46. The van der Waals surface area contributed by atoms with Crippen LogP contribution in [0.1, 0.15) is 39.5 Å². The molecule has 0 saturated heterocycles. The second kappa shape index (κ2) is 10.3. The quantitative estimate of drug-likeness (QED) is 0.534. The second-order valence-electron chi connectivity index (χ2n) is 6.06. The Balaban J connectivity index is 2.00. The summed E-state index contributed by atoms with van der Waals surface area (Å²) in [6, 6.07) is 13.7. The van der Waals surface area contributed by atoms with Gasteiger partial charge in [-0.3, -0.25) is 0 Å². The van der Waals surface area contributed by atoms with Crippen LogP contribution in [-0.2, 0) is 0 Å². The lowest BCUT2D eigenvalue weighted by atomic mass is 10.1. The van der Waals surface area contributed by atoms with Gasteiger partial charge >= 0.3 is 6.09 Å². The number of ether oxygens (including phenoxy) is 1. The summed E-state index contributed by atoms with van der Waals surface area (Å²) in [6.07, 6.45) is 4.20. The predicted octanol–water partition coefficient (Wildman–Crippen LogP) is 5.74. The summed E-state index contributed by atoms with van der Waals surface area (Å²) in [5.74, 6) is 0.601. The maximum Gasteiger partial charge on any atom is 0.426 e. The molecule has 0 atom stereocenters. The molecule has 0 heterocycles. The molecule has 0 unspecified atom stereocenters. The number of fused-ring (bicyclic) bond motifs is 1. The fourth-order valence-electron chi connectivity index (χ4n) is 2.51. The Labute approximate surface area is 155 Å². The molecule has 25 heavy (non-hydrogen) atoms. The van der Waals surface area contributed by atoms with Crippen molar-refractivity contribution in [2.45, 2.75) is 39.5 Å². The third-order valence-corrected chi connectivity index (χ3v) is 4.95. The van der Waals surface area contributed by atoms with Gasteiger partial charge in [0.1, 0.15) is 5.75 Å². The summed E-state index contributed by atoms with van der Waals surface area (Å²) in [5, 5.41) is 2.01. The standard InChI is InChI=1S/C20H28N2O2S/c1-4-6-15-22(16-7-5-2)25-21(3)20(23)24-19-14-10-12-17-11-8-9-13-18(17)19/h8-14H,4-7,15-16H2,1-3H3. The zero-order valence-electron chi connectivity index (χ0n) is 15.4. The van der Waals surface area contributed by atoms with Crippen molar-refractivity contribution in [1.29, 1.82) is 0 Å². The highest BCUT2D eigenvalue weighted by molar-refractivity contribution is 7.95. The number of amides is 1. The fraction of sp³-hybridized carbons (Fsp3) is 0.450. The monoisotopic (exact) mass is 360 g/mol. The zero-order chi connectivity index (χ0) is 18.1. The maximum atomic E-state index is 12.5. The van der Waals surface area contributed by atoms with Crippen LogP contribution in [0.4, 0.5) is 4.79 Å². The molecule has 136 valence electrons. The predicted molar refractivity (Wildman–Crippen MR) is 107 cm³/mol. The SMILES string of the molecule is CCCCN(CCCC)SN(C)C(=O)Oc1cccc2ccccc12. The first-order valence-electron chi connectivity index (χ1n) is 9.02. The zero-order valence-corrected chi connectivity index (χ0v) is 16.2. The van der Waals surface area contributed by atoms with Gasteiger partial charge in [0.05, 0.1) is 0 Å². The normalized spacial score (nSPS) is 11.0. The van der Waals surface area contributed by atoms with Crippen molar-refractivity contribution in [1.82, 2.24) is 8.61 Å². The van der Waals surface area contributed by atoms with Crippen LogP contribution in [0.2, 0.25) is 0 Å². The van der Waals surface area contributed by atoms with E-state index < -0.39 is 0 Å². The Morgan fingerprint density at radius 3 is 2.32 bits per heavy atom. The topological polar surface area (TPSA) is 32.8 Å². The maximum absolute atomic E-state index is 12.5. The molecular weight excluding hydrogens is 332 g/mol. The average Bonchev–Trinajstić information content (AvgIpc) is 2.64. The molecule has 0 fully saturated rings. The molecular formula is C20H28N2O2S. The smallest absolute Gasteiger partial charge is 0.409 e. The number of hydrogen-bond acceptors (Lipinski definition) is 4. The Hall–Kier alpha value is -1.72. The van der Waals surface area contributed by atoms with Gasteiger partial charge in [0, 0.05) is 37.7 Å². The third kappa shape index (κ3) is 5.94. The van der Waals surface area contributed by atoms with E-state index in [0.717, 1.165) is 49.5 Å². The largest absolute Gasteiger partial charge is 0.426 e. The first kappa shape index (κ1) is 19.6. The van der Waals surface area contributed by atoms with Crippen molar-refractivity contribution in [3.8, 4) is 5.75 Å². The van der Waals surface area contributed by atoms with Gasteiger partial charge in [0.15, 0.2) is 0 Å². The van der Waals surface area contributed by atoms with Crippen LogP contribution in [0.3, 0.4) is 0 Å². The molecule has 0 aliphatic rings. The molecule has 2 rings (SSSR count). The number of carbonyl (C=O) groups is 1. The van der Waals surface area contributed by atoms with Crippen LogP contribution in [-0.4, -0.2) is 34.8 Å². The highest BCUT2D eigenvalue weighted by Crippen LogP contribution is 2.26. The van der Waals surface area contributed by atoms with E-state index in [1.807, 2.05) is 42.5 Å². The Kier molecular flexibility index (Phi) is 8.09. The van der Waals surface area contributed by atoms with Gasteiger partial charge in [-0.1, -0.05) is 63.1 Å². The van der Waals surface area contributed by atoms with Gasteiger partial charge in [0.25, 0.3) is 0 Å². The molecule has 0 saturated carbocycles. The first-order chi connectivity index (χ1) is 12.2. The highest BCUT2D eigenvalue weighted by atomic mass is 32.2. The van der Waals surface area contributed by atoms with Crippen LogP contribution in [0.5, 0.6) is 5.75 Å². The van der Waals surface area contributed by atoms with E-state index in [1.165, 1.54) is 12.1 Å². The average molecular weight is 361 g/mol. The van der Waals surface area contributed by atoms with Crippen LogP contribution in [0.25, 0.3) is 10.8 Å². The van der Waals surface area contributed by atoms with Crippen molar-refractivity contribution in [3.63, 3.8) is 0 Å². The van der Waals surface area contributed by atoms with Crippen molar-refractivity contribution < 1.29 is 9.53 Å². The third-order valence-electron chi connectivity index (χ3n) is 3.96. The lowest BCUT2D eigenvalue weighted by Gasteiger charge is -2.25. The molecule has 0 aliphatic carbocycles. The van der Waals surface area contributed by atoms with Crippen LogP contribution in [0.15, 0.2) is 42.5 Å². The van der Waals surface area contributed by atoms with Crippen LogP contribution < -0.4 is 4.74 Å². The van der Waals surface area contributed by atoms with Gasteiger partial charge < -0.3 is 4.74 Å². The first-order valence-corrected chi connectivity index (χ1v) is 9.75. The highest BCUT2D eigenvalue weighted by Gasteiger charge is 2.17. The van der Waals surface area contributed by atoms with E-state index in [4.69, 9.17) is 4.74 Å². The van der Waals surface area contributed by atoms with Crippen LogP contribution >= 0.6 is 12.1 Å². The minimum Gasteiger partial charge on any atom is -0.409 e. The summed E-state index contributed by atoms with van der Waals surface area (Å²) >= 11 is 1.45. The number of rotatable bonds is 9. The fourth-order valence-corrected chi connectivity index (χ4v) is 3.38. The van der Waals surface area contributed by atoms with E-state index >= 15 is 0 Å². The summed E-state index contributed by atoms with van der Waals surface area (Å²) in [4.78, 5) is 12.5. The van der Waals surface area contributed by atoms with E-state index in [-0.39, 0.29) is 6.09 Å². The Morgan fingerprint density at radius 2 is 1.64 bits per heavy atom. The number of carbonyl (C=O) groups excluding carboxylic acids is 1. The van der Waals surface area contributed by atoms with Gasteiger partial charge in [-0.2, -0.15) is 0 Å². The molecule has 2 aromatic carbocycles. The molecule has 1 amide bonds. The minimum atomic E-state index is -0.348. The minimum absolute atomic E-state index is 0.348. The summed E-state index contributed by atoms with van der Waals surface area (Å²) in [7, 11) is 1.77. The van der Waals surface area contributed by atoms with Crippen molar-refractivity contribution in [2.24, 2.45) is 0 Å². The van der Waals surface area contributed by atoms with Crippen molar-refractivity contribution in [2.75, 3.05) is 20.1 Å². The Morgan fingerprint density at radius 1 is 1.00 bits per heavy atom. The van der Waals surface area contributed by atoms with Gasteiger partial charge in [0.2, 0.25) is 0 Å². The van der Waals surface area contributed by atoms with Gasteiger partial charge in [-0.25, -0.2) is 13.4 Å². The molecule has 0 spiro atoms. The van der Waals surface area contributed by atoms with E-state index in [0.29, 0.717) is 5.75 Å². The molecule has 4 nitrogen and oxygen atoms in total. The summed E-state index contributed by atoms with van der Waals surface area (Å²) in [5.41, 5.74) is 0. The second-order valence-corrected chi connectivity index (χ2v) is 7.29. The lowest BCUT2D eigenvalue weighted by molar-refractivity contribution is 0.186. The molecule has 0 radical (unpaired) electrons. The van der Waals surface area contributed by atoms with Gasteiger partial charge in [-0.05, 0) is 24.3 Å². The summed E-state index contributed by atoms with van der Waals surface area (Å²) in [6.45, 7) is 6.32. The van der Waals surface area contributed by atoms with Crippen LogP contribution in [0, 0.1) is 0 Å².